The van der Waals surface area contributed by atoms with Gasteiger partial charge in [0, 0.05) is 55.7 Å². The predicted molar refractivity (Wildman–Crippen MR) is 195 cm³/mol. The Hall–Kier alpha value is -5.56. The summed E-state index contributed by atoms with van der Waals surface area (Å²) in [5.74, 6) is 1.03. The molecule has 1 atom stereocenters. The molecule has 0 bridgehead atoms. The molecular formula is C37H43N9O4. The fourth-order valence-corrected chi connectivity index (χ4v) is 6.97. The van der Waals surface area contributed by atoms with Crippen LogP contribution in [0.2, 0.25) is 0 Å². The number of hydrogen-bond donors (Lipinski definition) is 4. The quantitative estimate of drug-likeness (QED) is 0.144. The summed E-state index contributed by atoms with van der Waals surface area (Å²) in [7, 11) is 4.75. The lowest BCUT2D eigenvalue weighted by Gasteiger charge is -2.29. The number of hydrogen-bond acceptors (Lipinski definition) is 9. The molecule has 4 heterocycles. The molecule has 0 saturated carbocycles. The number of amidine groups is 1. The van der Waals surface area contributed by atoms with Crippen LogP contribution in [-0.2, 0) is 9.59 Å². The summed E-state index contributed by atoms with van der Waals surface area (Å²) in [5, 5.41) is 19.7. The monoisotopic (exact) mass is 677 g/mol. The van der Waals surface area contributed by atoms with Gasteiger partial charge in [0.1, 0.15) is 0 Å². The van der Waals surface area contributed by atoms with Crippen LogP contribution in [0.4, 0.5) is 11.4 Å². The number of anilines is 2. The van der Waals surface area contributed by atoms with Crippen molar-refractivity contribution in [2.75, 3.05) is 71.2 Å². The minimum atomic E-state index is -0.546. The molecule has 2 fully saturated rings. The summed E-state index contributed by atoms with van der Waals surface area (Å²) in [6, 6.07) is 16.5. The van der Waals surface area contributed by atoms with E-state index < -0.39 is 5.41 Å². The van der Waals surface area contributed by atoms with Gasteiger partial charge in [0.2, 0.25) is 11.8 Å². The fraction of sp³-hybridized carbons (Fsp3) is 0.351. The van der Waals surface area contributed by atoms with Crippen molar-refractivity contribution in [1.82, 2.24) is 20.1 Å². The van der Waals surface area contributed by atoms with Gasteiger partial charge in [0.05, 0.1) is 43.9 Å². The van der Waals surface area contributed by atoms with E-state index in [0.717, 1.165) is 17.5 Å². The number of aromatic nitrogens is 1. The third kappa shape index (κ3) is 6.81. The second-order valence-corrected chi connectivity index (χ2v) is 12.8. The van der Waals surface area contributed by atoms with Crippen LogP contribution in [-0.4, -0.2) is 105 Å². The van der Waals surface area contributed by atoms with Gasteiger partial charge in [-0.3, -0.25) is 25.3 Å². The molecular weight excluding hydrogens is 634 g/mol. The molecule has 13 heteroatoms. The van der Waals surface area contributed by atoms with Crippen molar-refractivity contribution in [3.8, 4) is 11.6 Å². The van der Waals surface area contributed by atoms with Gasteiger partial charge in [-0.25, -0.2) is 9.98 Å². The van der Waals surface area contributed by atoms with Gasteiger partial charge >= 0.3 is 0 Å². The second-order valence-electron chi connectivity index (χ2n) is 12.8. The number of nitrogen functional groups attached to an aromatic ring is 1. The first kappa shape index (κ1) is 34.3. The number of amides is 2. The molecule has 0 unspecified atom stereocenters. The van der Waals surface area contributed by atoms with Crippen molar-refractivity contribution in [3.63, 3.8) is 0 Å². The van der Waals surface area contributed by atoms with Crippen LogP contribution in [0.25, 0.3) is 5.57 Å². The molecule has 3 aromatic rings. The lowest BCUT2D eigenvalue weighted by atomic mass is 9.85. The van der Waals surface area contributed by atoms with Crippen molar-refractivity contribution < 1.29 is 19.1 Å². The number of aliphatic imine (C=N–C) groups is 1. The number of nitrogens with zero attached hydrogens (tertiary/aromatic N) is 5. The Kier molecular flexibility index (Phi) is 9.95. The highest BCUT2D eigenvalue weighted by molar-refractivity contribution is 6.14. The van der Waals surface area contributed by atoms with E-state index in [1.54, 1.807) is 36.2 Å². The van der Waals surface area contributed by atoms with E-state index in [9.17, 15) is 9.59 Å². The number of ether oxygens (including phenoxy) is 2. The van der Waals surface area contributed by atoms with Crippen LogP contribution in [0.3, 0.4) is 0 Å². The van der Waals surface area contributed by atoms with E-state index in [-0.39, 0.29) is 35.8 Å². The van der Waals surface area contributed by atoms with Crippen LogP contribution in [0.1, 0.15) is 41.6 Å². The average Bonchev–Trinajstić information content (AvgIpc) is 3.71. The molecule has 13 nitrogen and oxygen atoms in total. The Labute approximate surface area is 291 Å². The minimum absolute atomic E-state index is 0.0412. The van der Waals surface area contributed by atoms with Gasteiger partial charge in [0.15, 0.2) is 11.6 Å². The number of carbonyl (C=O) groups is 2. The molecule has 3 aliphatic heterocycles. The molecule has 0 aliphatic carbocycles. The van der Waals surface area contributed by atoms with Crippen molar-refractivity contribution in [2.24, 2.45) is 10.4 Å². The number of methoxy groups -OCH3 is 2. The predicted octanol–water partition coefficient (Wildman–Crippen LogP) is 3.41. The smallest absolute Gasteiger partial charge is 0.257 e. The van der Waals surface area contributed by atoms with Crippen molar-refractivity contribution in [1.29, 1.82) is 10.8 Å². The third-order valence-electron chi connectivity index (χ3n) is 9.83. The molecule has 260 valence electrons. The number of nitrogens with one attached hydrogen (secondary N) is 3. The topological polar surface area (TPSA) is 173 Å². The molecule has 2 aromatic carbocycles. The zero-order chi connectivity index (χ0) is 35.4. The first-order chi connectivity index (χ1) is 24.2. The Bertz CT molecular complexity index is 1870. The van der Waals surface area contributed by atoms with E-state index >= 15 is 0 Å². The fourth-order valence-electron chi connectivity index (χ4n) is 6.97. The molecule has 6 rings (SSSR count). The summed E-state index contributed by atoms with van der Waals surface area (Å²) < 4.78 is 10.6. The zero-order valence-electron chi connectivity index (χ0n) is 28.7. The van der Waals surface area contributed by atoms with E-state index in [0.29, 0.717) is 73.9 Å². The van der Waals surface area contributed by atoms with Gasteiger partial charge in [-0.2, -0.15) is 0 Å². The maximum absolute atomic E-state index is 14.0. The summed E-state index contributed by atoms with van der Waals surface area (Å²) in [6.45, 7) is 3.23. The second kappa shape index (κ2) is 14.5. The molecule has 0 radical (unpaired) electrons. The van der Waals surface area contributed by atoms with E-state index in [4.69, 9.17) is 26.0 Å². The van der Waals surface area contributed by atoms with Gasteiger partial charge < -0.3 is 30.3 Å². The van der Waals surface area contributed by atoms with Crippen molar-refractivity contribution in [3.05, 3.63) is 83.1 Å². The van der Waals surface area contributed by atoms with Crippen LogP contribution >= 0.6 is 0 Å². The molecule has 1 aromatic heterocycles. The van der Waals surface area contributed by atoms with E-state index in [1.165, 1.54) is 26.1 Å². The highest BCUT2D eigenvalue weighted by atomic mass is 16.5. The van der Waals surface area contributed by atoms with Crippen LogP contribution < -0.4 is 25.4 Å². The normalized spacial score (nSPS) is 19.3. The largest absolute Gasteiger partial charge is 0.491 e. The molecule has 2 amide bonds. The molecule has 3 aliphatic rings. The average molecular weight is 678 g/mol. The van der Waals surface area contributed by atoms with Crippen molar-refractivity contribution >= 4 is 46.6 Å². The Morgan fingerprint density at radius 2 is 1.84 bits per heavy atom. The third-order valence-corrected chi connectivity index (χ3v) is 9.83. The Morgan fingerprint density at radius 1 is 1.06 bits per heavy atom. The number of likely N-dealkylation sites (tertiary alicyclic amines) is 1. The SMILES string of the molecule is CN/C=N\C(=N)c1ccc(C2=CCN(C(=O)CN3CC[C@]4(CCN(c5ccc(N)c(C(=N)c6ccc(OC)c(OC)n6)c5)C4=O)C3)CC2)cc1. The molecule has 50 heavy (non-hydrogen) atoms. The molecule has 1 spiro atoms. The number of rotatable bonds is 10. The lowest BCUT2D eigenvalue weighted by Crippen LogP contribution is -2.43. The summed E-state index contributed by atoms with van der Waals surface area (Å²) >= 11 is 0. The summed E-state index contributed by atoms with van der Waals surface area (Å²) in [5.41, 5.74) is 10.8. The standard InChI is InChI=1S/C37H43N9O4/c1-41-23-42-34(40)26-6-4-24(5-7-26)25-12-16-45(17-13-25)32(47)21-44-18-14-37(22-44)15-19-46(36(37)48)27-8-9-29(38)28(20-27)33(39)30-10-11-31(49-2)35(43-30)50-3/h4-12,20,23,39H,13-19,21-22,38H2,1-3H3,(H2,40,41,42)/t37-/m0/s1. The molecule has 5 N–H and O–H groups in total. The minimum Gasteiger partial charge on any atom is -0.491 e. The van der Waals surface area contributed by atoms with Crippen LogP contribution in [0, 0.1) is 16.2 Å². The molecule has 2 saturated heterocycles. The van der Waals surface area contributed by atoms with E-state index in [1.807, 2.05) is 35.2 Å². The highest BCUT2D eigenvalue weighted by Gasteiger charge is 2.51. The van der Waals surface area contributed by atoms with Crippen LogP contribution in [0.5, 0.6) is 11.6 Å². The van der Waals surface area contributed by atoms with Gasteiger partial charge in [-0.15, -0.1) is 0 Å². The summed E-state index contributed by atoms with van der Waals surface area (Å²) in [6.07, 6.45) is 5.73. The zero-order valence-corrected chi connectivity index (χ0v) is 28.7. The number of nitrogens with two attached hydrogens (primary N) is 1. The van der Waals surface area contributed by atoms with Gasteiger partial charge in [-0.1, -0.05) is 30.3 Å². The number of carbonyl (C=O) groups excluding carboxylic acids is 2. The maximum atomic E-state index is 14.0. The summed E-state index contributed by atoms with van der Waals surface area (Å²) in [4.78, 5) is 41.6. The van der Waals surface area contributed by atoms with Gasteiger partial charge in [-0.05, 0) is 67.3 Å². The van der Waals surface area contributed by atoms with Crippen LogP contribution in [0.15, 0.2) is 65.7 Å². The highest BCUT2D eigenvalue weighted by Crippen LogP contribution is 2.43. The number of pyridine rings is 1. The lowest BCUT2D eigenvalue weighted by molar-refractivity contribution is -0.132. The van der Waals surface area contributed by atoms with Crippen molar-refractivity contribution in [2.45, 2.75) is 19.3 Å². The van der Waals surface area contributed by atoms with E-state index in [2.05, 4.69) is 26.3 Å². The van der Waals surface area contributed by atoms with Gasteiger partial charge in [0.25, 0.3) is 5.88 Å². The first-order valence-electron chi connectivity index (χ1n) is 16.6. The number of benzene rings is 2. The Morgan fingerprint density at radius 3 is 2.54 bits per heavy atom. The maximum Gasteiger partial charge on any atom is 0.257 e. The Balaban J connectivity index is 1.06. The first-order valence-corrected chi connectivity index (χ1v) is 16.6.